The maximum absolute atomic E-state index is 13.3. The van der Waals surface area contributed by atoms with Crippen molar-refractivity contribution in [2.45, 2.75) is 43.2 Å². The molecule has 6 nitrogen and oxygen atoms in total. The first-order chi connectivity index (χ1) is 13.6. The molecule has 6 rings (SSSR count). The number of hydrogen-bond donors (Lipinski definition) is 0. The molecule has 4 fully saturated rings. The first-order valence-electron chi connectivity index (χ1n) is 10.2. The molecule has 1 saturated carbocycles. The predicted octanol–water partition coefficient (Wildman–Crippen LogP) is 2.24. The molecule has 4 bridgehead atoms. The molecule has 4 heterocycles. The lowest BCUT2D eigenvalue weighted by atomic mass is 9.49. The van der Waals surface area contributed by atoms with Crippen LogP contribution in [0, 0.1) is 11.8 Å². The monoisotopic (exact) mass is 382 g/mol. The Bertz CT molecular complexity index is 900. The highest BCUT2D eigenvalue weighted by Crippen LogP contribution is 2.74. The lowest BCUT2D eigenvalue weighted by Crippen LogP contribution is -2.75. The first-order valence-corrected chi connectivity index (χ1v) is 10.2. The molecule has 0 amide bonds. The fourth-order valence-corrected chi connectivity index (χ4v) is 7.34. The van der Waals surface area contributed by atoms with Crippen LogP contribution in [0.2, 0.25) is 0 Å². The zero-order valence-corrected chi connectivity index (χ0v) is 16.6. The van der Waals surface area contributed by atoms with Gasteiger partial charge in [0.25, 0.3) is 0 Å². The third kappa shape index (κ3) is 1.55. The van der Waals surface area contributed by atoms with Crippen molar-refractivity contribution in [3.63, 3.8) is 0 Å². The molecule has 6 heteroatoms. The van der Waals surface area contributed by atoms with Crippen molar-refractivity contribution < 1.29 is 19.0 Å². The third-order valence-electron chi connectivity index (χ3n) is 8.09. The van der Waals surface area contributed by atoms with Crippen LogP contribution in [0.4, 0.5) is 5.69 Å². The SMILES string of the molecule is C/C=C1\CN2[C@@H]3C[C@@]45c6ccccc6N(COC)[C@]4(O3)[C@@H]2C[C@H]1C5C(=O)OC. The maximum atomic E-state index is 13.3. The Kier molecular flexibility index (Phi) is 3.27. The van der Waals surface area contributed by atoms with Crippen molar-refractivity contribution in [2.24, 2.45) is 11.8 Å². The molecule has 1 unspecified atom stereocenters. The van der Waals surface area contributed by atoms with E-state index in [1.165, 1.54) is 18.2 Å². The molecule has 4 aliphatic heterocycles. The molecule has 6 atom stereocenters. The average molecular weight is 382 g/mol. The molecule has 3 saturated heterocycles. The van der Waals surface area contributed by atoms with Gasteiger partial charge in [-0.25, -0.2) is 0 Å². The van der Waals surface area contributed by atoms with Gasteiger partial charge in [0.15, 0.2) is 5.72 Å². The quantitative estimate of drug-likeness (QED) is 0.590. The van der Waals surface area contributed by atoms with Gasteiger partial charge in [-0.1, -0.05) is 29.8 Å². The lowest BCUT2D eigenvalue weighted by molar-refractivity contribution is -0.164. The molecule has 1 aliphatic carbocycles. The van der Waals surface area contributed by atoms with Crippen molar-refractivity contribution in [3.05, 3.63) is 41.5 Å². The van der Waals surface area contributed by atoms with Crippen molar-refractivity contribution >= 4 is 11.7 Å². The van der Waals surface area contributed by atoms with Gasteiger partial charge in [0.1, 0.15) is 13.0 Å². The van der Waals surface area contributed by atoms with Crippen molar-refractivity contribution in [3.8, 4) is 0 Å². The van der Waals surface area contributed by atoms with Crippen LogP contribution < -0.4 is 4.90 Å². The summed E-state index contributed by atoms with van der Waals surface area (Å²) in [6, 6.07) is 8.73. The number of carbonyl (C=O) groups is 1. The molecule has 1 aromatic carbocycles. The Hall–Kier alpha value is -1.89. The number of fused-ring (bicyclic) bond motifs is 4. The second kappa shape index (κ2) is 5.38. The van der Waals surface area contributed by atoms with Gasteiger partial charge in [0, 0.05) is 25.8 Å². The topological polar surface area (TPSA) is 51.2 Å². The van der Waals surface area contributed by atoms with E-state index in [9.17, 15) is 4.79 Å². The van der Waals surface area contributed by atoms with E-state index in [0.29, 0.717) is 6.73 Å². The number of rotatable bonds is 3. The van der Waals surface area contributed by atoms with Crippen molar-refractivity contribution in [1.82, 2.24) is 4.90 Å². The number of methoxy groups -OCH3 is 2. The molecule has 0 aromatic heterocycles. The summed E-state index contributed by atoms with van der Waals surface area (Å²) in [4.78, 5) is 18.1. The fraction of sp³-hybridized carbons (Fsp3) is 0.591. The highest BCUT2D eigenvalue weighted by molar-refractivity contribution is 5.82. The Balaban J connectivity index is 1.67. The Morgan fingerprint density at radius 3 is 2.93 bits per heavy atom. The summed E-state index contributed by atoms with van der Waals surface area (Å²) in [7, 11) is 3.24. The van der Waals surface area contributed by atoms with Gasteiger partial charge in [0.2, 0.25) is 0 Å². The van der Waals surface area contributed by atoms with Crippen LogP contribution in [0.3, 0.4) is 0 Å². The number of ether oxygens (including phenoxy) is 3. The standard InChI is InChI=1S/C22H26N2O4/c1-4-13-11-23-17-9-14(13)19(20(25)27-3)21-10-18(23)28-22(17,21)24(12-26-2)16-8-6-5-7-15(16)21/h4-8,14,17-19H,9-12H2,1-3H3/b13-4+/t14-,17+,18+,19?,21+,22+/m1/s1. The molecule has 0 radical (unpaired) electrons. The number of piperidine rings is 2. The molecule has 148 valence electrons. The van der Waals surface area contributed by atoms with E-state index >= 15 is 0 Å². The third-order valence-corrected chi connectivity index (χ3v) is 8.09. The van der Waals surface area contributed by atoms with E-state index in [1.807, 2.05) is 0 Å². The van der Waals surface area contributed by atoms with Gasteiger partial charge in [-0.05, 0) is 30.9 Å². The van der Waals surface area contributed by atoms with Crippen LogP contribution in [-0.4, -0.2) is 56.4 Å². The Morgan fingerprint density at radius 2 is 2.18 bits per heavy atom. The van der Waals surface area contributed by atoms with E-state index < -0.39 is 11.1 Å². The number of para-hydroxylation sites is 1. The van der Waals surface area contributed by atoms with Crippen LogP contribution >= 0.6 is 0 Å². The molecule has 1 spiro atoms. The van der Waals surface area contributed by atoms with Crippen LogP contribution in [0.25, 0.3) is 0 Å². The molecule has 0 N–H and O–H groups in total. The number of anilines is 1. The van der Waals surface area contributed by atoms with E-state index in [-0.39, 0.29) is 30.1 Å². The zero-order valence-electron chi connectivity index (χ0n) is 16.6. The van der Waals surface area contributed by atoms with Crippen LogP contribution in [0.5, 0.6) is 0 Å². The number of carbonyl (C=O) groups excluding carboxylic acids is 1. The van der Waals surface area contributed by atoms with Gasteiger partial charge < -0.3 is 19.1 Å². The Morgan fingerprint density at radius 1 is 1.36 bits per heavy atom. The van der Waals surface area contributed by atoms with E-state index in [1.54, 1.807) is 7.11 Å². The van der Waals surface area contributed by atoms with Gasteiger partial charge in [-0.2, -0.15) is 0 Å². The molecule has 28 heavy (non-hydrogen) atoms. The van der Waals surface area contributed by atoms with Gasteiger partial charge >= 0.3 is 5.97 Å². The largest absolute Gasteiger partial charge is 0.469 e. The molecular weight excluding hydrogens is 356 g/mol. The highest BCUT2D eigenvalue weighted by Gasteiger charge is 2.84. The van der Waals surface area contributed by atoms with Gasteiger partial charge in [-0.15, -0.1) is 0 Å². The van der Waals surface area contributed by atoms with Crippen LogP contribution in [-0.2, 0) is 24.4 Å². The lowest BCUT2D eigenvalue weighted by Gasteiger charge is -2.61. The summed E-state index contributed by atoms with van der Waals surface area (Å²) in [6.07, 6.45) is 3.98. The van der Waals surface area contributed by atoms with Gasteiger partial charge in [-0.3, -0.25) is 9.69 Å². The first kappa shape index (κ1) is 17.0. The molecule has 5 aliphatic rings. The zero-order chi connectivity index (χ0) is 19.3. The summed E-state index contributed by atoms with van der Waals surface area (Å²) in [6.45, 7) is 3.41. The number of hydrogen-bond acceptors (Lipinski definition) is 6. The van der Waals surface area contributed by atoms with Crippen molar-refractivity contribution in [2.75, 3.05) is 32.4 Å². The second-order valence-electron chi connectivity index (χ2n) is 8.70. The number of nitrogens with zero attached hydrogens (tertiary/aromatic N) is 2. The predicted molar refractivity (Wildman–Crippen MR) is 103 cm³/mol. The Labute approximate surface area is 165 Å². The smallest absolute Gasteiger partial charge is 0.310 e. The highest BCUT2D eigenvalue weighted by atomic mass is 16.6. The van der Waals surface area contributed by atoms with E-state index in [2.05, 4.69) is 47.1 Å². The normalized spacial score (nSPS) is 43.5. The van der Waals surface area contributed by atoms with E-state index in [0.717, 1.165) is 25.1 Å². The summed E-state index contributed by atoms with van der Waals surface area (Å²) in [5, 5.41) is 0. The maximum Gasteiger partial charge on any atom is 0.310 e. The minimum absolute atomic E-state index is 0.0288. The molecular formula is C22H26N2O4. The second-order valence-corrected chi connectivity index (χ2v) is 8.70. The summed E-state index contributed by atoms with van der Waals surface area (Å²) in [5.74, 6) is -0.152. The van der Waals surface area contributed by atoms with Crippen molar-refractivity contribution in [1.29, 1.82) is 0 Å². The minimum Gasteiger partial charge on any atom is -0.469 e. The van der Waals surface area contributed by atoms with Gasteiger partial charge in [0.05, 0.1) is 24.5 Å². The number of allylic oxidation sites excluding steroid dienone is 1. The number of benzene rings is 1. The van der Waals surface area contributed by atoms with Crippen LogP contribution in [0.15, 0.2) is 35.9 Å². The summed E-state index contributed by atoms with van der Waals surface area (Å²) in [5.41, 5.74) is 2.73. The molecule has 1 aromatic rings. The summed E-state index contributed by atoms with van der Waals surface area (Å²) < 4.78 is 17.9. The fourth-order valence-electron chi connectivity index (χ4n) is 7.34. The number of esters is 1. The summed E-state index contributed by atoms with van der Waals surface area (Å²) >= 11 is 0. The average Bonchev–Trinajstić information content (AvgIpc) is 3.32. The minimum atomic E-state index is -0.564. The van der Waals surface area contributed by atoms with E-state index in [4.69, 9.17) is 14.2 Å². The van der Waals surface area contributed by atoms with Crippen LogP contribution in [0.1, 0.15) is 25.3 Å².